The van der Waals surface area contributed by atoms with Gasteiger partial charge in [-0.2, -0.15) is 0 Å². The molecule has 0 radical (unpaired) electrons. The van der Waals surface area contributed by atoms with E-state index in [4.69, 9.17) is 23.2 Å². The molecule has 10 heteroatoms. The highest BCUT2D eigenvalue weighted by molar-refractivity contribution is 7.92. The molecule has 4 aromatic rings. The van der Waals surface area contributed by atoms with Crippen molar-refractivity contribution in [3.8, 4) is 0 Å². The van der Waals surface area contributed by atoms with Crippen LogP contribution in [0, 0.1) is 5.92 Å². The Bertz CT molecular complexity index is 1750. The molecule has 4 rings (SSSR count). The molecule has 0 aliphatic rings. The van der Waals surface area contributed by atoms with Gasteiger partial charge in [0.05, 0.1) is 20.6 Å². The van der Waals surface area contributed by atoms with Gasteiger partial charge >= 0.3 is 0 Å². The Kier molecular flexibility index (Phi) is 12.5. The Morgan fingerprint density at radius 2 is 1.38 bits per heavy atom. The summed E-state index contributed by atoms with van der Waals surface area (Å²) in [5, 5.41) is 3.65. The Morgan fingerprint density at radius 1 is 0.766 bits per heavy atom. The van der Waals surface area contributed by atoms with Gasteiger partial charge in [-0.15, -0.1) is 0 Å². The molecule has 0 heterocycles. The molecular weight excluding hydrogens is 653 g/mol. The minimum atomic E-state index is -4.18. The lowest BCUT2D eigenvalue weighted by molar-refractivity contribution is -0.140. The first-order valence-corrected chi connectivity index (χ1v) is 17.8. The summed E-state index contributed by atoms with van der Waals surface area (Å²) in [5.41, 5.74) is 2.86. The molecule has 0 spiro atoms. The molecule has 248 valence electrons. The molecule has 0 fully saturated rings. The van der Waals surface area contributed by atoms with Gasteiger partial charge in [0.15, 0.2) is 0 Å². The minimum Gasteiger partial charge on any atom is -0.354 e. The fourth-order valence-electron chi connectivity index (χ4n) is 5.09. The lowest BCUT2D eigenvalue weighted by atomic mass is 10.0. The number of carbonyl (C=O) groups is 2. The van der Waals surface area contributed by atoms with Gasteiger partial charge in [0.1, 0.15) is 12.6 Å². The van der Waals surface area contributed by atoms with Gasteiger partial charge in [-0.1, -0.05) is 118 Å². The number of anilines is 1. The molecule has 0 aromatic heterocycles. The van der Waals surface area contributed by atoms with Gasteiger partial charge < -0.3 is 10.2 Å². The first-order valence-electron chi connectivity index (χ1n) is 15.6. The highest BCUT2D eigenvalue weighted by atomic mass is 35.5. The monoisotopic (exact) mass is 693 g/mol. The van der Waals surface area contributed by atoms with E-state index < -0.39 is 28.5 Å². The molecule has 0 saturated carbocycles. The molecule has 0 bridgehead atoms. The SMILES string of the molecule is CC(C)CNC(=O)[C@H](Cc1ccccc1)N(Cc1ccc(Cl)c(Cl)c1)C(=O)CN(c1ccc(C(C)C)cc1)S(=O)(=O)c1ccccc1. The highest BCUT2D eigenvalue weighted by Crippen LogP contribution is 2.28. The number of hydrogen-bond donors (Lipinski definition) is 1. The van der Waals surface area contributed by atoms with E-state index in [-0.39, 0.29) is 35.6 Å². The van der Waals surface area contributed by atoms with Gasteiger partial charge in [0.25, 0.3) is 10.0 Å². The highest BCUT2D eigenvalue weighted by Gasteiger charge is 2.34. The Morgan fingerprint density at radius 3 is 1.96 bits per heavy atom. The van der Waals surface area contributed by atoms with Crippen LogP contribution in [0.15, 0.2) is 108 Å². The number of nitrogens with zero attached hydrogens (tertiary/aromatic N) is 2. The van der Waals surface area contributed by atoms with E-state index in [1.807, 2.05) is 56.3 Å². The van der Waals surface area contributed by atoms with Crippen LogP contribution >= 0.6 is 23.2 Å². The van der Waals surface area contributed by atoms with E-state index in [2.05, 4.69) is 19.2 Å². The number of hydrogen-bond acceptors (Lipinski definition) is 4. The zero-order valence-corrected chi connectivity index (χ0v) is 29.4. The van der Waals surface area contributed by atoms with Crippen LogP contribution in [0.25, 0.3) is 0 Å². The smallest absolute Gasteiger partial charge is 0.264 e. The number of benzene rings is 4. The summed E-state index contributed by atoms with van der Waals surface area (Å²) in [5.74, 6) is -0.482. The van der Waals surface area contributed by atoms with Crippen molar-refractivity contribution in [3.63, 3.8) is 0 Å². The fraction of sp³-hybridized carbons (Fsp3) is 0.297. The molecule has 0 aliphatic carbocycles. The van der Waals surface area contributed by atoms with Crippen molar-refractivity contribution in [2.45, 2.75) is 57.5 Å². The standard InChI is InChI=1S/C37H41Cl2N3O4S/c1-26(2)23-40-37(44)35(22-28-11-7-5-8-12-28)41(24-29-15-20-33(38)34(39)21-29)36(43)25-42(31-18-16-30(17-19-31)27(3)4)47(45,46)32-13-9-6-10-14-32/h5-21,26-27,35H,22-25H2,1-4H3,(H,40,44)/t35-/m0/s1. The second-order valence-corrected chi connectivity index (χ2v) is 14.9. The summed E-state index contributed by atoms with van der Waals surface area (Å²) in [6.45, 7) is 7.94. The lowest BCUT2D eigenvalue weighted by Gasteiger charge is -2.34. The number of rotatable bonds is 14. The summed E-state index contributed by atoms with van der Waals surface area (Å²) in [6, 6.07) is 28.7. The van der Waals surface area contributed by atoms with Crippen molar-refractivity contribution in [3.05, 3.63) is 130 Å². The Labute approximate surface area is 288 Å². The lowest BCUT2D eigenvalue weighted by Crippen LogP contribution is -2.53. The van der Waals surface area contributed by atoms with Crippen molar-refractivity contribution < 1.29 is 18.0 Å². The molecule has 7 nitrogen and oxygen atoms in total. The zero-order chi connectivity index (χ0) is 34.1. The average molecular weight is 695 g/mol. The van der Waals surface area contributed by atoms with Crippen molar-refractivity contribution >= 4 is 50.7 Å². The number of carbonyl (C=O) groups excluding carboxylic acids is 2. The molecule has 2 amide bonds. The van der Waals surface area contributed by atoms with Gasteiger partial charge in [-0.25, -0.2) is 8.42 Å². The fourth-order valence-corrected chi connectivity index (χ4v) is 6.84. The van der Waals surface area contributed by atoms with Gasteiger partial charge in [0, 0.05) is 19.5 Å². The first kappa shape index (κ1) is 36.0. The number of nitrogens with one attached hydrogen (secondary N) is 1. The molecular formula is C37H41Cl2N3O4S. The van der Waals surface area contributed by atoms with Crippen LogP contribution < -0.4 is 9.62 Å². The van der Waals surface area contributed by atoms with Crippen LogP contribution in [-0.4, -0.2) is 44.3 Å². The van der Waals surface area contributed by atoms with Crippen LogP contribution in [0.5, 0.6) is 0 Å². The van der Waals surface area contributed by atoms with Crippen molar-refractivity contribution in [2.24, 2.45) is 5.92 Å². The molecule has 1 atom stereocenters. The van der Waals surface area contributed by atoms with Crippen molar-refractivity contribution in [1.29, 1.82) is 0 Å². The summed E-state index contributed by atoms with van der Waals surface area (Å²) >= 11 is 12.6. The Balaban J connectivity index is 1.81. The van der Waals surface area contributed by atoms with E-state index in [1.54, 1.807) is 48.5 Å². The van der Waals surface area contributed by atoms with Crippen molar-refractivity contribution in [1.82, 2.24) is 10.2 Å². The molecule has 0 saturated heterocycles. The third-order valence-electron chi connectivity index (χ3n) is 7.75. The maximum Gasteiger partial charge on any atom is 0.264 e. The second-order valence-electron chi connectivity index (χ2n) is 12.2. The van der Waals surface area contributed by atoms with Gasteiger partial charge in [-0.05, 0) is 64.9 Å². The third kappa shape index (κ3) is 9.60. The van der Waals surface area contributed by atoms with Crippen LogP contribution in [-0.2, 0) is 32.6 Å². The molecule has 4 aromatic carbocycles. The maximum atomic E-state index is 14.6. The van der Waals surface area contributed by atoms with E-state index in [9.17, 15) is 18.0 Å². The second kappa shape index (κ2) is 16.3. The summed E-state index contributed by atoms with van der Waals surface area (Å²) in [6.07, 6.45) is 0.215. The predicted molar refractivity (Wildman–Crippen MR) is 190 cm³/mol. The van der Waals surface area contributed by atoms with E-state index >= 15 is 0 Å². The van der Waals surface area contributed by atoms with E-state index in [1.165, 1.54) is 17.0 Å². The van der Waals surface area contributed by atoms with Gasteiger partial charge in [-0.3, -0.25) is 13.9 Å². The zero-order valence-electron chi connectivity index (χ0n) is 27.1. The van der Waals surface area contributed by atoms with Crippen LogP contribution in [0.4, 0.5) is 5.69 Å². The van der Waals surface area contributed by atoms with Crippen molar-refractivity contribution in [2.75, 3.05) is 17.4 Å². The number of sulfonamides is 1. The quantitative estimate of drug-likeness (QED) is 0.147. The number of halogens is 2. The topological polar surface area (TPSA) is 86.8 Å². The van der Waals surface area contributed by atoms with Crippen LogP contribution in [0.3, 0.4) is 0 Å². The molecule has 0 aliphatic heterocycles. The maximum absolute atomic E-state index is 14.6. The Hall–Kier alpha value is -3.85. The summed E-state index contributed by atoms with van der Waals surface area (Å²) < 4.78 is 29.4. The molecule has 0 unspecified atom stereocenters. The third-order valence-corrected chi connectivity index (χ3v) is 10.3. The van der Waals surface area contributed by atoms with Crippen LogP contribution in [0.2, 0.25) is 10.0 Å². The minimum absolute atomic E-state index is 0.00612. The van der Waals surface area contributed by atoms with E-state index in [0.29, 0.717) is 27.8 Å². The molecule has 47 heavy (non-hydrogen) atoms. The normalized spacial score (nSPS) is 12.2. The predicted octanol–water partition coefficient (Wildman–Crippen LogP) is 7.72. The number of amides is 2. The molecule has 1 N–H and O–H groups in total. The van der Waals surface area contributed by atoms with E-state index in [0.717, 1.165) is 15.4 Å². The van der Waals surface area contributed by atoms with Gasteiger partial charge in [0.2, 0.25) is 11.8 Å². The summed E-state index contributed by atoms with van der Waals surface area (Å²) in [4.78, 5) is 30.0. The van der Waals surface area contributed by atoms with Crippen LogP contribution in [0.1, 0.15) is 50.3 Å². The summed E-state index contributed by atoms with van der Waals surface area (Å²) in [7, 11) is -4.18. The largest absolute Gasteiger partial charge is 0.354 e. The average Bonchev–Trinajstić information content (AvgIpc) is 3.06. The first-order chi connectivity index (χ1) is 22.4.